The molecule has 1 aliphatic rings. The first-order valence-electron chi connectivity index (χ1n) is 12.3. The van der Waals surface area contributed by atoms with Crippen molar-refractivity contribution in [2.75, 3.05) is 36.6 Å². The zero-order chi connectivity index (χ0) is 28.3. The van der Waals surface area contributed by atoms with Gasteiger partial charge >= 0.3 is 0 Å². The van der Waals surface area contributed by atoms with Crippen LogP contribution in [-0.2, 0) is 9.59 Å². The molecule has 0 saturated carbocycles. The van der Waals surface area contributed by atoms with Gasteiger partial charge in [-0.15, -0.1) is 23.5 Å². The molecule has 2 amide bonds. The molecule has 0 unspecified atom stereocenters. The van der Waals surface area contributed by atoms with Crippen molar-refractivity contribution < 1.29 is 28.2 Å². The molecule has 0 atom stereocenters. The van der Waals surface area contributed by atoms with Gasteiger partial charge in [0.15, 0.2) is 24.7 Å². The third kappa shape index (κ3) is 8.80. The second-order valence-electron chi connectivity index (χ2n) is 8.33. The molecule has 40 heavy (non-hydrogen) atoms. The molecule has 0 aromatic heterocycles. The third-order valence-corrected chi connectivity index (χ3v) is 8.74. The molecule has 3 aromatic rings. The number of rotatable bonds is 12. The van der Waals surface area contributed by atoms with Gasteiger partial charge in [-0.05, 0) is 66.6 Å². The minimum atomic E-state index is -0.455. The molecular formula is C28H27ClFN3O5S2. The summed E-state index contributed by atoms with van der Waals surface area (Å²) in [6.45, 7) is 1.58. The molecule has 3 aromatic carbocycles. The van der Waals surface area contributed by atoms with E-state index in [9.17, 15) is 14.0 Å². The van der Waals surface area contributed by atoms with Gasteiger partial charge in [-0.2, -0.15) is 5.10 Å². The number of ether oxygens (including phenoxy) is 3. The van der Waals surface area contributed by atoms with Gasteiger partial charge in [0.05, 0.1) is 22.4 Å². The molecule has 0 spiro atoms. The number of hydrogen-bond acceptors (Lipinski definition) is 8. The van der Waals surface area contributed by atoms with E-state index in [1.807, 2.05) is 47.8 Å². The topological polar surface area (TPSA) is 98.2 Å². The lowest BCUT2D eigenvalue weighted by Crippen LogP contribution is -2.24. The van der Waals surface area contributed by atoms with Gasteiger partial charge in [-0.1, -0.05) is 23.7 Å². The zero-order valence-corrected chi connectivity index (χ0v) is 23.9. The highest BCUT2D eigenvalue weighted by molar-refractivity contribution is 8.19. The van der Waals surface area contributed by atoms with Crippen molar-refractivity contribution in [3.05, 3.63) is 82.6 Å². The van der Waals surface area contributed by atoms with E-state index in [-0.39, 0.29) is 24.0 Å². The Hall–Kier alpha value is -3.41. The van der Waals surface area contributed by atoms with E-state index >= 15 is 0 Å². The molecule has 210 valence electrons. The largest absolute Gasteiger partial charge is 0.490 e. The summed E-state index contributed by atoms with van der Waals surface area (Å²) in [6.07, 6.45) is 1.41. The van der Waals surface area contributed by atoms with Crippen LogP contribution >= 0.6 is 35.1 Å². The smallest absolute Gasteiger partial charge is 0.277 e. The fourth-order valence-corrected chi connectivity index (χ4v) is 6.70. The minimum absolute atomic E-state index is 0.184. The number of hydrazone groups is 1. The van der Waals surface area contributed by atoms with Gasteiger partial charge in [0.25, 0.3) is 11.8 Å². The Morgan fingerprint density at radius 3 is 2.40 bits per heavy atom. The van der Waals surface area contributed by atoms with Crippen LogP contribution in [0.1, 0.15) is 22.6 Å². The molecule has 12 heteroatoms. The highest BCUT2D eigenvalue weighted by Crippen LogP contribution is 2.45. The normalized spacial score (nSPS) is 13.3. The quantitative estimate of drug-likeness (QED) is 0.196. The maximum absolute atomic E-state index is 13.1. The van der Waals surface area contributed by atoms with Crippen LogP contribution in [0.2, 0.25) is 5.02 Å². The Bertz CT molecular complexity index is 1340. The Morgan fingerprint density at radius 1 is 1.00 bits per heavy atom. The average Bonchev–Trinajstić information content (AvgIpc) is 3.48. The molecule has 0 bridgehead atoms. The Kier molecular flexibility index (Phi) is 11.0. The van der Waals surface area contributed by atoms with Crippen LogP contribution in [0.25, 0.3) is 0 Å². The van der Waals surface area contributed by atoms with Crippen LogP contribution in [0.3, 0.4) is 0 Å². The summed E-state index contributed by atoms with van der Waals surface area (Å²) < 4.78 is 30.3. The second kappa shape index (κ2) is 14.8. The maximum Gasteiger partial charge on any atom is 0.277 e. The number of amides is 2. The van der Waals surface area contributed by atoms with Crippen molar-refractivity contribution in [2.45, 2.75) is 11.5 Å². The molecule has 1 heterocycles. The fourth-order valence-electron chi connectivity index (χ4n) is 3.57. The van der Waals surface area contributed by atoms with E-state index in [0.29, 0.717) is 33.9 Å². The van der Waals surface area contributed by atoms with Crippen LogP contribution in [0.15, 0.2) is 65.8 Å². The number of nitrogens with zero attached hydrogens (tertiary/aromatic N) is 1. The summed E-state index contributed by atoms with van der Waals surface area (Å²) in [7, 11) is 0. The molecule has 1 aliphatic heterocycles. The predicted molar refractivity (Wildman–Crippen MR) is 158 cm³/mol. The predicted octanol–water partition coefficient (Wildman–Crippen LogP) is 5.90. The Morgan fingerprint density at radius 2 is 1.70 bits per heavy atom. The lowest BCUT2D eigenvalue weighted by atomic mass is 10.2. The van der Waals surface area contributed by atoms with Crippen LogP contribution in [0, 0.1) is 5.82 Å². The molecule has 1 saturated heterocycles. The summed E-state index contributed by atoms with van der Waals surface area (Å²) in [5, 5.41) is 6.76. The number of hydrogen-bond donors (Lipinski definition) is 2. The van der Waals surface area contributed by atoms with E-state index < -0.39 is 17.6 Å². The Labute approximate surface area is 245 Å². The van der Waals surface area contributed by atoms with E-state index in [0.717, 1.165) is 11.5 Å². The van der Waals surface area contributed by atoms with Gasteiger partial charge < -0.3 is 19.5 Å². The SMILES string of the molecule is CCOc1cc(/C=N\NC(=O)COc2ccc(C3SCCS3)cc2)cc(Cl)c1OCC(=O)Nc1ccc(F)cc1. The number of anilines is 1. The van der Waals surface area contributed by atoms with Gasteiger partial charge in [-0.3, -0.25) is 9.59 Å². The van der Waals surface area contributed by atoms with Crippen molar-refractivity contribution in [1.82, 2.24) is 5.43 Å². The summed E-state index contributed by atoms with van der Waals surface area (Å²) in [5.41, 5.74) is 4.63. The molecule has 0 aliphatic carbocycles. The van der Waals surface area contributed by atoms with Gasteiger partial charge in [0, 0.05) is 17.2 Å². The van der Waals surface area contributed by atoms with Crippen molar-refractivity contribution in [3.8, 4) is 17.2 Å². The highest BCUT2D eigenvalue weighted by Gasteiger charge is 2.18. The summed E-state index contributed by atoms with van der Waals surface area (Å²) in [6, 6.07) is 16.3. The summed E-state index contributed by atoms with van der Waals surface area (Å²) >= 11 is 10.3. The van der Waals surface area contributed by atoms with Gasteiger partial charge in [-0.25, -0.2) is 9.82 Å². The monoisotopic (exact) mass is 603 g/mol. The first-order chi connectivity index (χ1) is 19.4. The van der Waals surface area contributed by atoms with E-state index in [2.05, 4.69) is 15.8 Å². The van der Waals surface area contributed by atoms with Crippen molar-refractivity contribution in [2.24, 2.45) is 5.10 Å². The maximum atomic E-state index is 13.1. The van der Waals surface area contributed by atoms with Crippen molar-refractivity contribution >= 4 is 58.8 Å². The van der Waals surface area contributed by atoms with E-state index in [4.69, 9.17) is 25.8 Å². The summed E-state index contributed by atoms with van der Waals surface area (Å²) in [4.78, 5) is 24.4. The number of carbonyl (C=O) groups excluding carboxylic acids is 2. The molecule has 0 radical (unpaired) electrons. The number of benzene rings is 3. The lowest BCUT2D eigenvalue weighted by Gasteiger charge is -2.14. The lowest BCUT2D eigenvalue weighted by molar-refractivity contribution is -0.123. The molecular weight excluding hydrogens is 577 g/mol. The van der Waals surface area contributed by atoms with Crippen LogP contribution < -0.4 is 25.0 Å². The number of halogens is 2. The van der Waals surface area contributed by atoms with Gasteiger partial charge in [0.1, 0.15) is 11.6 Å². The summed E-state index contributed by atoms with van der Waals surface area (Å²) in [5.74, 6) is 2.12. The highest BCUT2D eigenvalue weighted by atomic mass is 35.5. The molecule has 4 rings (SSSR count). The second-order valence-corrected chi connectivity index (χ2v) is 11.5. The molecule has 1 fully saturated rings. The first-order valence-corrected chi connectivity index (χ1v) is 14.8. The van der Waals surface area contributed by atoms with Crippen LogP contribution in [0.4, 0.5) is 10.1 Å². The standard InChI is InChI=1S/C28H27ClFN3O5S2/c1-2-36-24-14-18(13-23(29)27(24)38-16-25(34)32-21-7-5-20(30)6-8-21)15-31-33-26(35)17-37-22-9-3-19(4-10-22)28-39-11-12-40-28/h3-10,13-15,28H,2,11-12,16-17H2,1H3,(H,32,34)(H,33,35)/b31-15-. The Balaban J connectivity index is 1.28. The zero-order valence-electron chi connectivity index (χ0n) is 21.5. The van der Waals surface area contributed by atoms with Crippen LogP contribution in [0.5, 0.6) is 17.2 Å². The molecule has 8 nitrogen and oxygen atoms in total. The average molecular weight is 604 g/mol. The number of thioether (sulfide) groups is 2. The van der Waals surface area contributed by atoms with E-state index in [1.54, 1.807) is 19.1 Å². The number of nitrogens with one attached hydrogen (secondary N) is 2. The van der Waals surface area contributed by atoms with Crippen molar-refractivity contribution in [3.63, 3.8) is 0 Å². The van der Waals surface area contributed by atoms with E-state index in [1.165, 1.54) is 36.0 Å². The number of carbonyl (C=O) groups is 2. The first kappa shape index (κ1) is 29.6. The fraction of sp³-hybridized carbons (Fsp3) is 0.250. The van der Waals surface area contributed by atoms with Gasteiger partial charge in [0.2, 0.25) is 0 Å². The minimum Gasteiger partial charge on any atom is -0.490 e. The van der Waals surface area contributed by atoms with Crippen LogP contribution in [-0.4, -0.2) is 49.4 Å². The van der Waals surface area contributed by atoms with Crippen molar-refractivity contribution in [1.29, 1.82) is 0 Å². The third-order valence-electron chi connectivity index (χ3n) is 5.35. The molecule has 2 N–H and O–H groups in total.